The van der Waals surface area contributed by atoms with Crippen molar-refractivity contribution in [1.29, 1.82) is 0 Å². The Morgan fingerprint density at radius 2 is 2.18 bits per heavy atom. The van der Waals surface area contributed by atoms with Crippen LogP contribution >= 0.6 is 11.8 Å². The smallest absolute Gasteiger partial charge is 0.318 e. The van der Waals surface area contributed by atoms with Gasteiger partial charge in [-0.2, -0.15) is 11.8 Å². The number of nitrogens with one attached hydrogen (secondary N) is 1. The fraction of sp³-hybridized carbons (Fsp3) is 0.818. The molecule has 0 fully saturated rings. The van der Waals surface area contributed by atoms with Crippen molar-refractivity contribution in [3.63, 3.8) is 0 Å². The molecule has 1 N–H and O–H groups in total. The molecule has 1 unspecified atom stereocenters. The number of rotatable bonds is 8. The lowest BCUT2D eigenvalue weighted by Crippen LogP contribution is -2.33. The van der Waals surface area contributed by atoms with E-state index in [1.165, 1.54) is 0 Å². The van der Waals surface area contributed by atoms with Gasteiger partial charge in [-0.05, 0) is 19.2 Å². The van der Waals surface area contributed by atoms with Gasteiger partial charge in [-0.3, -0.25) is 0 Å². The second-order valence-corrected chi connectivity index (χ2v) is 4.80. The van der Waals surface area contributed by atoms with Crippen molar-refractivity contribution in [1.82, 2.24) is 15.5 Å². The number of hydrogen-bond donors (Lipinski definition) is 1. The maximum Gasteiger partial charge on any atom is 0.318 e. The Morgan fingerprint density at radius 3 is 2.76 bits per heavy atom. The zero-order valence-electron chi connectivity index (χ0n) is 11.1. The lowest BCUT2D eigenvalue weighted by Gasteiger charge is -2.24. The summed E-state index contributed by atoms with van der Waals surface area (Å²) in [5, 5.41) is 11.3. The maximum absolute atomic E-state index is 5.61. The van der Waals surface area contributed by atoms with E-state index < -0.39 is 0 Å². The third-order valence-electron chi connectivity index (χ3n) is 2.66. The van der Waals surface area contributed by atoms with Crippen LogP contribution in [0.5, 0.6) is 0 Å². The molecule has 5 nitrogen and oxygen atoms in total. The molecule has 17 heavy (non-hydrogen) atoms. The first-order chi connectivity index (χ1) is 8.22. The van der Waals surface area contributed by atoms with Crippen LogP contribution in [-0.4, -0.2) is 41.8 Å². The zero-order chi connectivity index (χ0) is 12.7. The fourth-order valence-electron chi connectivity index (χ4n) is 1.54. The Kier molecular flexibility index (Phi) is 6.36. The molecule has 0 radical (unpaired) electrons. The van der Waals surface area contributed by atoms with E-state index >= 15 is 0 Å². The Balaban J connectivity index is 2.61. The van der Waals surface area contributed by atoms with Gasteiger partial charge in [-0.1, -0.05) is 18.9 Å². The SMILES string of the molecule is CCNCc1nnc(N(C)C(CC)CSC)o1. The highest BCUT2D eigenvalue weighted by molar-refractivity contribution is 7.98. The number of anilines is 1. The zero-order valence-corrected chi connectivity index (χ0v) is 11.9. The minimum absolute atomic E-state index is 0.442. The summed E-state index contributed by atoms with van der Waals surface area (Å²) in [4.78, 5) is 2.07. The van der Waals surface area contributed by atoms with Crippen LogP contribution in [0.15, 0.2) is 4.42 Å². The summed E-state index contributed by atoms with van der Waals surface area (Å²) in [5.41, 5.74) is 0. The molecule has 6 heteroatoms. The van der Waals surface area contributed by atoms with Crippen molar-refractivity contribution >= 4 is 17.8 Å². The van der Waals surface area contributed by atoms with E-state index in [1.807, 2.05) is 18.8 Å². The standard InChI is InChI=1S/C11H22N4OS/c1-5-9(8-17-4)15(3)11-14-13-10(16-11)7-12-6-2/h9,12H,5-8H2,1-4H3. The van der Waals surface area contributed by atoms with Crippen LogP contribution in [0.2, 0.25) is 0 Å². The molecule has 1 atom stereocenters. The molecule has 1 aromatic rings. The number of aromatic nitrogens is 2. The second-order valence-electron chi connectivity index (χ2n) is 3.89. The molecule has 0 aliphatic carbocycles. The Labute approximate surface area is 107 Å². The van der Waals surface area contributed by atoms with Gasteiger partial charge in [0, 0.05) is 18.8 Å². The predicted octanol–water partition coefficient (Wildman–Crippen LogP) is 1.76. The van der Waals surface area contributed by atoms with Crippen molar-refractivity contribution in [2.45, 2.75) is 32.9 Å². The van der Waals surface area contributed by atoms with E-state index in [-0.39, 0.29) is 0 Å². The van der Waals surface area contributed by atoms with Gasteiger partial charge in [0.05, 0.1) is 6.54 Å². The third-order valence-corrected chi connectivity index (χ3v) is 3.38. The highest BCUT2D eigenvalue weighted by Gasteiger charge is 2.18. The van der Waals surface area contributed by atoms with Gasteiger partial charge in [0.15, 0.2) is 0 Å². The molecule has 1 heterocycles. The molecular weight excluding hydrogens is 236 g/mol. The van der Waals surface area contributed by atoms with Gasteiger partial charge in [-0.25, -0.2) is 0 Å². The quantitative estimate of drug-likeness (QED) is 0.767. The van der Waals surface area contributed by atoms with E-state index in [4.69, 9.17) is 4.42 Å². The molecule has 0 amide bonds. The van der Waals surface area contributed by atoms with Gasteiger partial charge >= 0.3 is 6.01 Å². The molecule has 0 saturated carbocycles. The van der Waals surface area contributed by atoms with Gasteiger partial charge in [-0.15, -0.1) is 5.10 Å². The summed E-state index contributed by atoms with van der Waals surface area (Å²) in [6, 6.07) is 1.05. The van der Waals surface area contributed by atoms with E-state index in [2.05, 4.69) is 40.5 Å². The van der Waals surface area contributed by atoms with Gasteiger partial charge in [0.25, 0.3) is 0 Å². The van der Waals surface area contributed by atoms with Crippen LogP contribution in [0.25, 0.3) is 0 Å². The summed E-state index contributed by atoms with van der Waals surface area (Å²) in [7, 11) is 2.01. The van der Waals surface area contributed by atoms with Crippen LogP contribution in [-0.2, 0) is 6.54 Å². The van der Waals surface area contributed by atoms with Crippen LogP contribution in [0, 0.1) is 0 Å². The second kappa shape index (κ2) is 7.55. The van der Waals surface area contributed by atoms with Gasteiger partial charge < -0.3 is 14.6 Å². The maximum atomic E-state index is 5.61. The van der Waals surface area contributed by atoms with Crippen molar-refractivity contribution in [3.8, 4) is 0 Å². The van der Waals surface area contributed by atoms with Gasteiger partial charge in [0.1, 0.15) is 0 Å². The lowest BCUT2D eigenvalue weighted by molar-refractivity contribution is 0.458. The van der Waals surface area contributed by atoms with Crippen LogP contribution in [0.3, 0.4) is 0 Å². The van der Waals surface area contributed by atoms with Crippen molar-refractivity contribution in [3.05, 3.63) is 5.89 Å². The Bertz CT molecular complexity index is 318. The van der Waals surface area contributed by atoms with Crippen LogP contribution < -0.4 is 10.2 Å². The van der Waals surface area contributed by atoms with Crippen LogP contribution in [0.4, 0.5) is 6.01 Å². The highest BCUT2D eigenvalue weighted by atomic mass is 32.2. The fourth-order valence-corrected chi connectivity index (χ4v) is 2.39. The molecule has 1 aromatic heterocycles. The van der Waals surface area contributed by atoms with E-state index in [0.717, 1.165) is 18.7 Å². The first-order valence-electron chi connectivity index (χ1n) is 5.97. The molecule has 0 aromatic carbocycles. The molecule has 0 spiro atoms. The minimum atomic E-state index is 0.442. The Morgan fingerprint density at radius 1 is 1.41 bits per heavy atom. The summed E-state index contributed by atoms with van der Waals surface area (Å²) in [5.74, 6) is 1.71. The number of thioether (sulfide) groups is 1. The first-order valence-corrected chi connectivity index (χ1v) is 7.37. The largest absolute Gasteiger partial charge is 0.407 e. The van der Waals surface area contributed by atoms with E-state index in [0.29, 0.717) is 24.5 Å². The predicted molar refractivity (Wildman–Crippen MR) is 72.5 cm³/mol. The molecule has 0 aliphatic heterocycles. The lowest BCUT2D eigenvalue weighted by atomic mass is 10.2. The molecule has 0 aliphatic rings. The third kappa shape index (κ3) is 4.20. The summed E-state index contributed by atoms with van der Waals surface area (Å²) >= 11 is 1.83. The van der Waals surface area contributed by atoms with E-state index in [9.17, 15) is 0 Å². The summed E-state index contributed by atoms with van der Waals surface area (Å²) in [6.45, 7) is 5.76. The summed E-state index contributed by atoms with van der Waals surface area (Å²) in [6.07, 6.45) is 3.18. The molecule has 98 valence electrons. The average molecular weight is 258 g/mol. The normalized spacial score (nSPS) is 12.7. The molecule has 0 bridgehead atoms. The monoisotopic (exact) mass is 258 g/mol. The first kappa shape index (κ1) is 14.3. The average Bonchev–Trinajstić information content (AvgIpc) is 2.81. The minimum Gasteiger partial charge on any atom is -0.407 e. The highest BCUT2D eigenvalue weighted by Crippen LogP contribution is 2.17. The summed E-state index contributed by atoms with van der Waals surface area (Å²) < 4.78 is 5.61. The Hall–Kier alpha value is -0.750. The molecule has 1 rings (SSSR count). The molecule has 0 saturated heterocycles. The topological polar surface area (TPSA) is 54.2 Å². The van der Waals surface area contributed by atoms with Crippen LogP contribution in [0.1, 0.15) is 26.2 Å². The number of nitrogens with zero attached hydrogens (tertiary/aromatic N) is 3. The van der Waals surface area contributed by atoms with Crippen molar-refractivity contribution < 1.29 is 4.42 Å². The van der Waals surface area contributed by atoms with Crippen molar-refractivity contribution in [2.75, 3.05) is 30.5 Å². The molecular formula is C11H22N4OS. The van der Waals surface area contributed by atoms with E-state index in [1.54, 1.807) is 0 Å². The number of hydrogen-bond acceptors (Lipinski definition) is 6. The van der Waals surface area contributed by atoms with Crippen molar-refractivity contribution in [2.24, 2.45) is 0 Å². The van der Waals surface area contributed by atoms with Gasteiger partial charge in [0.2, 0.25) is 5.89 Å².